The number of likely N-dealkylation sites (N-methyl/N-ethyl adjacent to an activating group) is 1. The van der Waals surface area contributed by atoms with Crippen LogP contribution >= 0.6 is 0 Å². The third-order valence-corrected chi connectivity index (χ3v) is 4.26. The van der Waals surface area contributed by atoms with Gasteiger partial charge in [0, 0.05) is 6.20 Å². The van der Waals surface area contributed by atoms with E-state index in [4.69, 9.17) is 0 Å². The Labute approximate surface area is 124 Å². The van der Waals surface area contributed by atoms with E-state index in [0.29, 0.717) is 0 Å². The van der Waals surface area contributed by atoms with E-state index in [9.17, 15) is 8.42 Å². The first-order valence-electron chi connectivity index (χ1n) is 6.72. The van der Waals surface area contributed by atoms with Crippen LogP contribution in [-0.2, 0) is 16.4 Å². The van der Waals surface area contributed by atoms with Crippen LogP contribution in [0.1, 0.15) is 12.5 Å². The van der Waals surface area contributed by atoms with Gasteiger partial charge < -0.3 is 5.32 Å². The Bertz CT molecular complexity index is 657. The Morgan fingerprint density at radius 1 is 1.14 bits per heavy atom. The first-order chi connectivity index (χ1) is 10.1. The van der Waals surface area contributed by atoms with Gasteiger partial charge in [0.1, 0.15) is 0 Å². The molecule has 0 bridgehead atoms. The van der Waals surface area contributed by atoms with Gasteiger partial charge in [-0.05, 0) is 49.3 Å². The van der Waals surface area contributed by atoms with Crippen LogP contribution in [0.3, 0.4) is 0 Å². The number of sulfonamides is 1. The Morgan fingerprint density at radius 2 is 1.90 bits per heavy atom. The van der Waals surface area contributed by atoms with Crippen molar-refractivity contribution in [3.05, 3.63) is 48.2 Å². The van der Waals surface area contributed by atoms with Crippen LogP contribution in [0.4, 0.5) is 5.82 Å². The largest absolute Gasteiger partial charge is 0.317 e. The first kappa shape index (κ1) is 15.4. The third kappa shape index (κ3) is 4.51. The fourth-order valence-electron chi connectivity index (χ4n) is 1.80. The minimum absolute atomic E-state index is 0.203. The number of hydrogen-bond donors (Lipinski definition) is 2. The summed E-state index contributed by atoms with van der Waals surface area (Å²) in [6, 6.07) is 10.0. The molecule has 2 aromatic rings. The molecular formula is C14H18N4O2S. The van der Waals surface area contributed by atoms with Crippen molar-refractivity contribution in [3.63, 3.8) is 0 Å². The van der Waals surface area contributed by atoms with Crippen LogP contribution < -0.4 is 10.0 Å². The van der Waals surface area contributed by atoms with Crippen molar-refractivity contribution in [2.45, 2.75) is 18.2 Å². The van der Waals surface area contributed by atoms with Crippen molar-refractivity contribution in [3.8, 4) is 0 Å². The van der Waals surface area contributed by atoms with Crippen LogP contribution in [0.25, 0.3) is 0 Å². The summed E-state index contributed by atoms with van der Waals surface area (Å²) in [5.41, 5.74) is 1.09. The second kappa shape index (κ2) is 7.14. The molecule has 0 saturated heterocycles. The molecule has 1 heterocycles. The fourth-order valence-corrected chi connectivity index (χ4v) is 2.79. The van der Waals surface area contributed by atoms with E-state index in [2.05, 4.69) is 20.2 Å². The van der Waals surface area contributed by atoms with Crippen LogP contribution in [0.15, 0.2) is 47.5 Å². The van der Waals surface area contributed by atoms with E-state index in [1.807, 2.05) is 19.1 Å². The molecular weight excluding hydrogens is 288 g/mol. The molecule has 6 nitrogen and oxygen atoms in total. The van der Waals surface area contributed by atoms with Gasteiger partial charge in [0.25, 0.3) is 10.0 Å². The molecule has 0 radical (unpaired) electrons. The molecule has 0 aliphatic heterocycles. The van der Waals surface area contributed by atoms with Crippen molar-refractivity contribution < 1.29 is 8.42 Å². The second-order valence-corrected chi connectivity index (χ2v) is 6.14. The molecule has 0 aliphatic carbocycles. The monoisotopic (exact) mass is 306 g/mol. The highest BCUT2D eigenvalue weighted by Gasteiger charge is 2.14. The number of hydrogen-bond acceptors (Lipinski definition) is 5. The van der Waals surface area contributed by atoms with Crippen LogP contribution in [-0.4, -0.2) is 31.7 Å². The number of nitrogens with one attached hydrogen (secondary N) is 2. The molecule has 7 heteroatoms. The summed E-state index contributed by atoms with van der Waals surface area (Å²) >= 11 is 0. The summed E-state index contributed by atoms with van der Waals surface area (Å²) in [4.78, 5) is 0.209. The predicted molar refractivity (Wildman–Crippen MR) is 81.5 cm³/mol. The summed E-state index contributed by atoms with van der Waals surface area (Å²) < 4.78 is 26.8. The van der Waals surface area contributed by atoms with Crippen LogP contribution in [0, 0.1) is 0 Å². The lowest BCUT2D eigenvalue weighted by Crippen LogP contribution is -2.16. The Morgan fingerprint density at radius 3 is 2.52 bits per heavy atom. The Hall–Kier alpha value is -1.99. The van der Waals surface area contributed by atoms with E-state index < -0.39 is 10.0 Å². The summed E-state index contributed by atoms with van der Waals surface area (Å²) in [7, 11) is -3.62. The Kier molecular flexibility index (Phi) is 5.24. The zero-order valence-corrected chi connectivity index (χ0v) is 12.6. The smallest absolute Gasteiger partial charge is 0.263 e. The molecule has 1 aromatic heterocycles. The predicted octanol–water partition coefficient (Wildman–Crippen LogP) is 1.43. The van der Waals surface area contributed by atoms with Gasteiger partial charge in [-0.15, -0.1) is 5.10 Å². The topological polar surface area (TPSA) is 84.0 Å². The summed E-state index contributed by atoms with van der Waals surface area (Å²) in [6.07, 6.45) is 2.35. The maximum atomic E-state index is 12.2. The zero-order valence-electron chi connectivity index (χ0n) is 11.8. The minimum Gasteiger partial charge on any atom is -0.317 e. The lowest BCUT2D eigenvalue weighted by atomic mass is 10.1. The van der Waals surface area contributed by atoms with E-state index in [-0.39, 0.29) is 10.7 Å². The summed E-state index contributed by atoms with van der Waals surface area (Å²) in [5.74, 6) is 0.203. The molecule has 2 rings (SSSR count). The quantitative estimate of drug-likeness (QED) is 0.756. The van der Waals surface area contributed by atoms with Crippen molar-refractivity contribution in [2.24, 2.45) is 0 Å². The molecule has 0 spiro atoms. The van der Waals surface area contributed by atoms with E-state index in [0.717, 1.165) is 25.1 Å². The lowest BCUT2D eigenvalue weighted by molar-refractivity contribution is 0.601. The number of anilines is 1. The van der Waals surface area contributed by atoms with E-state index in [1.54, 1.807) is 24.3 Å². The van der Waals surface area contributed by atoms with E-state index >= 15 is 0 Å². The molecule has 112 valence electrons. The molecule has 0 fully saturated rings. The standard InChI is InChI=1S/C14H18N4O2S/c1-2-15-11-9-12-5-7-13(8-6-12)21(19,20)18-14-4-3-10-16-17-14/h3-8,10,15H,2,9,11H2,1H3,(H,17,18). The average Bonchev–Trinajstić information content (AvgIpc) is 2.49. The number of aromatic nitrogens is 2. The minimum atomic E-state index is -3.62. The average molecular weight is 306 g/mol. The lowest BCUT2D eigenvalue weighted by Gasteiger charge is -2.07. The molecule has 2 N–H and O–H groups in total. The summed E-state index contributed by atoms with van der Waals surface area (Å²) in [5, 5.41) is 10.6. The van der Waals surface area contributed by atoms with Crippen molar-refractivity contribution in [1.82, 2.24) is 15.5 Å². The highest BCUT2D eigenvalue weighted by molar-refractivity contribution is 7.92. The van der Waals surface area contributed by atoms with Gasteiger partial charge in [0.2, 0.25) is 0 Å². The maximum Gasteiger partial charge on any atom is 0.263 e. The molecule has 21 heavy (non-hydrogen) atoms. The van der Waals surface area contributed by atoms with Gasteiger partial charge in [-0.3, -0.25) is 4.72 Å². The van der Waals surface area contributed by atoms with Crippen molar-refractivity contribution in [2.75, 3.05) is 17.8 Å². The van der Waals surface area contributed by atoms with Gasteiger partial charge in [0.05, 0.1) is 4.90 Å². The maximum absolute atomic E-state index is 12.2. The molecule has 0 saturated carbocycles. The van der Waals surface area contributed by atoms with Crippen LogP contribution in [0.2, 0.25) is 0 Å². The highest BCUT2D eigenvalue weighted by Crippen LogP contribution is 2.14. The molecule has 0 amide bonds. The molecule has 0 atom stereocenters. The van der Waals surface area contributed by atoms with Crippen LogP contribution in [0.5, 0.6) is 0 Å². The normalized spacial score (nSPS) is 11.3. The summed E-state index contributed by atoms with van der Waals surface area (Å²) in [6.45, 7) is 3.85. The molecule has 0 aliphatic rings. The van der Waals surface area contributed by atoms with Crippen molar-refractivity contribution >= 4 is 15.8 Å². The van der Waals surface area contributed by atoms with E-state index in [1.165, 1.54) is 6.20 Å². The molecule has 0 unspecified atom stereocenters. The van der Waals surface area contributed by atoms with Crippen molar-refractivity contribution in [1.29, 1.82) is 0 Å². The van der Waals surface area contributed by atoms with Gasteiger partial charge in [-0.2, -0.15) is 5.10 Å². The molecule has 1 aromatic carbocycles. The second-order valence-electron chi connectivity index (χ2n) is 4.46. The number of rotatable bonds is 7. The van der Waals surface area contributed by atoms with Gasteiger partial charge in [-0.25, -0.2) is 8.42 Å². The zero-order chi connectivity index (χ0) is 15.1. The SMILES string of the molecule is CCNCCc1ccc(S(=O)(=O)Nc2cccnn2)cc1. The van der Waals surface area contributed by atoms with Gasteiger partial charge in [-0.1, -0.05) is 19.1 Å². The fraction of sp³-hybridized carbons (Fsp3) is 0.286. The number of nitrogens with zero attached hydrogens (tertiary/aromatic N) is 2. The first-order valence-corrected chi connectivity index (χ1v) is 8.20. The Balaban J connectivity index is 2.06. The third-order valence-electron chi connectivity index (χ3n) is 2.89. The van der Waals surface area contributed by atoms with Gasteiger partial charge in [0.15, 0.2) is 5.82 Å². The van der Waals surface area contributed by atoms with Gasteiger partial charge >= 0.3 is 0 Å². The highest BCUT2D eigenvalue weighted by atomic mass is 32.2. The number of benzene rings is 1.